The number of nitrogens with zero attached hydrogens (tertiary/aromatic N) is 2. The summed E-state index contributed by atoms with van der Waals surface area (Å²) in [6, 6.07) is 0. The number of rotatable bonds is 2. The molecule has 6 heteroatoms. The van der Waals surface area contributed by atoms with Crippen molar-refractivity contribution in [1.29, 1.82) is 0 Å². The van der Waals surface area contributed by atoms with Gasteiger partial charge in [-0.25, -0.2) is 0 Å². The molecule has 6 nitrogen and oxygen atoms in total. The molecule has 1 aliphatic heterocycles. The topological polar surface area (TPSA) is 62.6 Å². The van der Waals surface area contributed by atoms with Crippen LogP contribution in [-0.2, 0) is 38.4 Å². The summed E-state index contributed by atoms with van der Waals surface area (Å²) in [5, 5.41) is 4.44. The lowest BCUT2D eigenvalue weighted by Gasteiger charge is -2.31. The highest BCUT2D eigenvalue weighted by Crippen LogP contribution is 2.36. The number of ether oxygens (including phenoxy) is 3. The van der Waals surface area contributed by atoms with E-state index in [1.165, 1.54) is 7.11 Å². The molecular weight excluding hydrogens is 248 g/mol. The minimum Gasteiger partial charge on any atom is -0.468 e. The molecular formula is C13H18N2O4. The average Bonchev–Trinajstić information content (AvgIpc) is 2.96. The monoisotopic (exact) mass is 266 g/mol. The molecule has 0 atom stereocenters. The number of aryl methyl sites for hydroxylation is 1. The maximum atomic E-state index is 11.4. The Hall–Kier alpha value is -1.40. The Bertz CT molecular complexity index is 503. The Morgan fingerprint density at radius 3 is 2.89 bits per heavy atom. The summed E-state index contributed by atoms with van der Waals surface area (Å²) in [5.41, 5.74) is 3.20. The summed E-state index contributed by atoms with van der Waals surface area (Å²) >= 11 is 0. The minimum absolute atomic E-state index is 0.168. The molecule has 0 radical (unpaired) electrons. The van der Waals surface area contributed by atoms with Gasteiger partial charge in [-0.1, -0.05) is 0 Å². The molecule has 1 aromatic rings. The molecule has 3 rings (SSSR count). The molecule has 1 fully saturated rings. The van der Waals surface area contributed by atoms with E-state index in [-0.39, 0.29) is 12.5 Å². The summed E-state index contributed by atoms with van der Waals surface area (Å²) < 4.78 is 18.0. The van der Waals surface area contributed by atoms with Crippen molar-refractivity contribution in [3.05, 3.63) is 17.0 Å². The van der Waals surface area contributed by atoms with Crippen LogP contribution in [0.1, 0.15) is 23.4 Å². The fourth-order valence-electron chi connectivity index (χ4n) is 2.90. The smallest absolute Gasteiger partial charge is 0.327 e. The van der Waals surface area contributed by atoms with Gasteiger partial charge in [0.2, 0.25) is 0 Å². The van der Waals surface area contributed by atoms with Crippen LogP contribution in [0.25, 0.3) is 0 Å². The third-order valence-corrected chi connectivity index (χ3v) is 3.88. The molecule has 104 valence electrons. The number of aromatic nitrogens is 2. The van der Waals surface area contributed by atoms with E-state index in [1.54, 1.807) is 4.68 Å². The van der Waals surface area contributed by atoms with Gasteiger partial charge in [0.1, 0.15) is 6.54 Å². The normalized spacial score (nSPS) is 20.5. The molecule has 0 saturated carbocycles. The highest BCUT2D eigenvalue weighted by atomic mass is 16.7. The van der Waals surface area contributed by atoms with Crippen LogP contribution in [0.4, 0.5) is 0 Å². The molecule has 0 bridgehead atoms. The van der Waals surface area contributed by atoms with Crippen LogP contribution in [0.3, 0.4) is 0 Å². The second-order valence-electron chi connectivity index (χ2n) is 5.03. The van der Waals surface area contributed by atoms with E-state index < -0.39 is 5.79 Å². The molecule has 0 unspecified atom stereocenters. The van der Waals surface area contributed by atoms with Gasteiger partial charge in [0.25, 0.3) is 0 Å². The lowest BCUT2D eigenvalue weighted by atomic mass is 9.90. The van der Waals surface area contributed by atoms with Gasteiger partial charge in [-0.15, -0.1) is 0 Å². The van der Waals surface area contributed by atoms with Gasteiger partial charge in [0.05, 0.1) is 26.0 Å². The summed E-state index contributed by atoms with van der Waals surface area (Å²) in [4.78, 5) is 11.4. The zero-order chi connectivity index (χ0) is 13.5. The van der Waals surface area contributed by atoms with Crippen molar-refractivity contribution in [1.82, 2.24) is 9.78 Å². The number of methoxy groups -OCH3 is 1. The summed E-state index contributed by atoms with van der Waals surface area (Å²) in [7, 11) is 1.39. The fourth-order valence-corrected chi connectivity index (χ4v) is 2.90. The molecule has 1 aromatic heterocycles. The van der Waals surface area contributed by atoms with E-state index in [0.29, 0.717) is 13.2 Å². The Morgan fingerprint density at radius 2 is 2.21 bits per heavy atom. The average molecular weight is 266 g/mol. The van der Waals surface area contributed by atoms with Crippen molar-refractivity contribution >= 4 is 5.97 Å². The predicted octanol–water partition coefficient (Wildman–Crippen LogP) is 0.596. The Morgan fingerprint density at radius 1 is 1.47 bits per heavy atom. The summed E-state index contributed by atoms with van der Waals surface area (Å²) in [6.45, 7) is 3.44. The first-order chi connectivity index (χ1) is 9.13. The lowest BCUT2D eigenvalue weighted by molar-refractivity contribution is -0.164. The van der Waals surface area contributed by atoms with Crippen LogP contribution in [0.15, 0.2) is 0 Å². The Kier molecular flexibility index (Phi) is 3.06. The second-order valence-corrected chi connectivity index (χ2v) is 5.03. The molecule has 1 aliphatic carbocycles. The molecule has 1 saturated heterocycles. The number of carbonyl (C=O) groups is 1. The first-order valence-electron chi connectivity index (χ1n) is 6.53. The first-order valence-corrected chi connectivity index (χ1v) is 6.53. The zero-order valence-electron chi connectivity index (χ0n) is 11.3. The molecule has 19 heavy (non-hydrogen) atoms. The van der Waals surface area contributed by atoms with Crippen LogP contribution in [0, 0.1) is 6.92 Å². The van der Waals surface area contributed by atoms with E-state index in [1.807, 2.05) is 6.92 Å². The zero-order valence-corrected chi connectivity index (χ0v) is 11.3. The van der Waals surface area contributed by atoms with Gasteiger partial charge in [-0.2, -0.15) is 5.10 Å². The highest BCUT2D eigenvalue weighted by molar-refractivity contribution is 5.69. The molecule has 2 aliphatic rings. The molecule has 1 spiro atoms. The van der Waals surface area contributed by atoms with Crippen molar-refractivity contribution in [2.75, 3.05) is 20.3 Å². The molecule has 0 amide bonds. The van der Waals surface area contributed by atoms with Crippen molar-refractivity contribution in [2.45, 2.75) is 38.5 Å². The standard InChI is InChI=1S/C13H18N2O4/c1-9-10-7-13(18-5-6-19-13)4-3-11(10)15(14-9)8-12(16)17-2/h3-8H2,1-2H3. The number of esters is 1. The van der Waals surface area contributed by atoms with Crippen LogP contribution in [0.5, 0.6) is 0 Å². The molecule has 2 heterocycles. The predicted molar refractivity (Wildman–Crippen MR) is 65.6 cm³/mol. The minimum atomic E-state index is -0.461. The van der Waals surface area contributed by atoms with Gasteiger partial charge in [0.15, 0.2) is 5.79 Å². The van der Waals surface area contributed by atoms with Crippen LogP contribution < -0.4 is 0 Å². The Balaban J connectivity index is 1.87. The third kappa shape index (κ3) is 2.15. The van der Waals surface area contributed by atoms with Gasteiger partial charge in [0, 0.05) is 24.1 Å². The van der Waals surface area contributed by atoms with Crippen LogP contribution in [0.2, 0.25) is 0 Å². The maximum absolute atomic E-state index is 11.4. The van der Waals surface area contributed by atoms with E-state index in [0.717, 1.165) is 36.2 Å². The van der Waals surface area contributed by atoms with E-state index >= 15 is 0 Å². The number of hydrogen-bond donors (Lipinski definition) is 0. The number of hydrogen-bond acceptors (Lipinski definition) is 5. The van der Waals surface area contributed by atoms with E-state index in [9.17, 15) is 4.79 Å². The van der Waals surface area contributed by atoms with Crippen LogP contribution in [-0.4, -0.2) is 41.9 Å². The van der Waals surface area contributed by atoms with Gasteiger partial charge in [-0.3, -0.25) is 9.48 Å². The van der Waals surface area contributed by atoms with Crippen molar-refractivity contribution < 1.29 is 19.0 Å². The van der Waals surface area contributed by atoms with E-state index in [4.69, 9.17) is 14.2 Å². The number of carbonyl (C=O) groups excluding carboxylic acids is 1. The quantitative estimate of drug-likeness (QED) is 0.733. The van der Waals surface area contributed by atoms with Crippen LogP contribution >= 0.6 is 0 Å². The SMILES string of the molecule is COC(=O)Cn1nc(C)c2c1CCC1(C2)OCCO1. The summed E-state index contributed by atoms with van der Waals surface area (Å²) in [5.74, 6) is -0.740. The van der Waals surface area contributed by atoms with Crippen molar-refractivity contribution in [3.63, 3.8) is 0 Å². The molecule has 0 N–H and O–H groups in total. The lowest BCUT2D eigenvalue weighted by Crippen LogP contribution is -2.37. The molecule has 0 aromatic carbocycles. The van der Waals surface area contributed by atoms with Gasteiger partial charge >= 0.3 is 5.97 Å². The summed E-state index contributed by atoms with van der Waals surface area (Å²) in [6.07, 6.45) is 2.34. The maximum Gasteiger partial charge on any atom is 0.327 e. The third-order valence-electron chi connectivity index (χ3n) is 3.88. The number of fused-ring (bicyclic) bond motifs is 1. The second kappa shape index (κ2) is 4.61. The largest absolute Gasteiger partial charge is 0.468 e. The highest BCUT2D eigenvalue weighted by Gasteiger charge is 2.42. The van der Waals surface area contributed by atoms with Crippen molar-refractivity contribution in [2.24, 2.45) is 0 Å². The van der Waals surface area contributed by atoms with Crippen molar-refractivity contribution in [3.8, 4) is 0 Å². The van der Waals surface area contributed by atoms with Gasteiger partial charge in [-0.05, 0) is 13.3 Å². The van der Waals surface area contributed by atoms with E-state index in [2.05, 4.69) is 5.10 Å². The fraction of sp³-hybridized carbons (Fsp3) is 0.692. The van der Waals surface area contributed by atoms with Gasteiger partial charge < -0.3 is 14.2 Å². The first kappa shape index (κ1) is 12.6. The Labute approximate surface area is 111 Å².